The number of methoxy groups -OCH3 is 1. The number of hydrogen-bond donors (Lipinski definition) is 1. The molecule has 1 aliphatic heterocycles. The van der Waals surface area contributed by atoms with E-state index in [2.05, 4.69) is 0 Å². The average molecular weight is 291 g/mol. The number of nitrogens with two attached hydrogens (primary N) is 1. The van der Waals surface area contributed by atoms with E-state index in [9.17, 15) is 9.59 Å². The molecule has 0 unspecified atom stereocenters. The molecule has 0 spiro atoms. The van der Waals surface area contributed by atoms with Gasteiger partial charge in [-0.3, -0.25) is 14.5 Å². The fourth-order valence-corrected chi connectivity index (χ4v) is 2.69. The zero-order valence-electron chi connectivity index (χ0n) is 12.4. The predicted octanol–water partition coefficient (Wildman–Crippen LogP) is 0.386. The van der Waals surface area contributed by atoms with Crippen molar-refractivity contribution in [3.8, 4) is 5.75 Å². The molecular formula is C15H21N3O3. The minimum Gasteiger partial charge on any atom is -0.497 e. The van der Waals surface area contributed by atoms with Gasteiger partial charge < -0.3 is 15.4 Å². The summed E-state index contributed by atoms with van der Waals surface area (Å²) in [6, 6.07) is 7.59. The minimum atomic E-state index is -0.347. The van der Waals surface area contributed by atoms with Crippen molar-refractivity contribution in [3.63, 3.8) is 0 Å². The molecule has 1 saturated heterocycles. The molecule has 2 rings (SSSR count). The summed E-state index contributed by atoms with van der Waals surface area (Å²) in [5, 5.41) is 0. The molecule has 0 saturated carbocycles. The van der Waals surface area contributed by atoms with Gasteiger partial charge >= 0.3 is 0 Å². The lowest BCUT2D eigenvalue weighted by molar-refractivity contribution is -0.134. The van der Waals surface area contributed by atoms with E-state index in [-0.39, 0.29) is 24.4 Å². The van der Waals surface area contributed by atoms with E-state index in [1.165, 1.54) is 0 Å². The summed E-state index contributed by atoms with van der Waals surface area (Å²) in [6.07, 6.45) is 0. The van der Waals surface area contributed by atoms with Crippen molar-refractivity contribution in [2.45, 2.75) is 13.0 Å². The Bertz CT molecular complexity index is 515. The molecule has 1 atom stereocenters. The minimum absolute atomic E-state index is 0.0366. The Kier molecular flexibility index (Phi) is 4.80. The predicted molar refractivity (Wildman–Crippen MR) is 78.8 cm³/mol. The van der Waals surface area contributed by atoms with Crippen LogP contribution in [0.4, 0.5) is 0 Å². The van der Waals surface area contributed by atoms with Crippen molar-refractivity contribution in [2.75, 3.05) is 33.3 Å². The first-order chi connectivity index (χ1) is 10.0. The van der Waals surface area contributed by atoms with Gasteiger partial charge in [0.15, 0.2) is 0 Å². The van der Waals surface area contributed by atoms with Crippen molar-refractivity contribution in [1.82, 2.24) is 9.80 Å². The zero-order valence-corrected chi connectivity index (χ0v) is 12.4. The molecule has 1 aromatic rings. The molecule has 1 fully saturated rings. The van der Waals surface area contributed by atoms with Crippen molar-refractivity contribution in [1.29, 1.82) is 0 Å². The Balaban J connectivity index is 2.20. The first-order valence-electron chi connectivity index (χ1n) is 6.93. The summed E-state index contributed by atoms with van der Waals surface area (Å²) in [5.74, 6) is 0.465. The third kappa shape index (κ3) is 3.72. The Morgan fingerprint density at radius 3 is 2.48 bits per heavy atom. The maximum Gasteiger partial charge on any atom is 0.231 e. The highest BCUT2D eigenvalue weighted by molar-refractivity contribution is 5.76. The molecule has 0 aliphatic carbocycles. The van der Waals surface area contributed by atoms with E-state index < -0.39 is 0 Å². The molecule has 21 heavy (non-hydrogen) atoms. The highest BCUT2D eigenvalue weighted by Crippen LogP contribution is 2.27. The molecule has 1 aliphatic rings. The number of carbonyl (C=O) groups is 2. The molecule has 1 heterocycles. The van der Waals surface area contributed by atoms with E-state index in [0.29, 0.717) is 19.6 Å². The number of amides is 2. The van der Waals surface area contributed by atoms with Gasteiger partial charge in [-0.1, -0.05) is 12.1 Å². The molecule has 2 N–H and O–H groups in total. The summed E-state index contributed by atoms with van der Waals surface area (Å²) in [4.78, 5) is 26.7. The van der Waals surface area contributed by atoms with Crippen molar-refractivity contribution >= 4 is 11.8 Å². The molecular weight excluding hydrogens is 270 g/mol. The molecule has 6 nitrogen and oxygen atoms in total. The smallest absolute Gasteiger partial charge is 0.231 e. The third-order valence-corrected chi connectivity index (χ3v) is 3.75. The lowest BCUT2D eigenvalue weighted by atomic mass is 10.0. The fraction of sp³-hybridized carbons (Fsp3) is 0.467. The molecule has 2 amide bonds. The van der Waals surface area contributed by atoms with Crippen molar-refractivity contribution in [3.05, 3.63) is 29.8 Å². The summed E-state index contributed by atoms with van der Waals surface area (Å²) < 4.78 is 5.15. The Labute approximate surface area is 124 Å². The van der Waals surface area contributed by atoms with Gasteiger partial charge in [0.2, 0.25) is 11.8 Å². The van der Waals surface area contributed by atoms with E-state index in [0.717, 1.165) is 11.3 Å². The Morgan fingerprint density at radius 2 is 1.95 bits per heavy atom. The molecule has 1 aromatic carbocycles. The number of ether oxygens (including phenoxy) is 1. The first-order valence-corrected chi connectivity index (χ1v) is 6.93. The molecule has 6 heteroatoms. The van der Waals surface area contributed by atoms with E-state index in [1.54, 1.807) is 14.0 Å². The number of piperazine rings is 1. The number of hydrogen-bond acceptors (Lipinski definition) is 4. The number of benzene rings is 1. The molecule has 0 bridgehead atoms. The normalized spacial score (nSPS) is 19.3. The summed E-state index contributed by atoms with van der Waals surface area (Å²) in [7, 11) is 1.62. The van der Waals surface area contributed by atoms with Crippen LogP contribution in [0.25, 0.3) is 0 Å². The van der Waals surface area contributed by atoms with Crippen LogP contribution >= 0.6 is 0 Å². The summed E-state index contributed by atoms with van der Waals surface area (Å²) in [5.41, 5.74) is 6.29. The van der Waals surface area contributed by atoms with Crippen LogP contribution in [0.2, 0.25) is 0 Å². The monoisotopic (exact) mass is 291 g/mol. The quantitative estimate of drug-likeness (QED) is 0.870. The number of rotatable bonds is 4. The largest absolute Gasteiger partial charge is 0.497 e. The van der Waals surface area contributed by atoms with Gasteiger partial charge in [-0.15, -0.1) is 0 Å². The van der Waals surface area contributed by atoms with Crippen LogP contribution in [-0.4, -0.2) is 54.9 Å². The van der Waals surface area contributed by atoms with Crippen LogP contribution in [-0.2, 0) is 9.59 Å². The maximum atomic E-state index is 11.8. The van der Waals surface area contributed by atoms with Crippen molar-refractivity contribution < 1.29 is 14.3 Å². The average Bonchev–Trinajstić information content (AvgIpc) is 2.46. The van der Waals surface area contributed by atoms with Crippen LogP contribution in [0.1, 0.15) is 18.5 Å². The molecule has 114 valence electrons. The Morgan fingerprint density at radius 1 is 1.29 bits per heavy atom. The maximum absolute atomic E-state index is 11.8. The molecule has 0 aromatic heterocycles. The first kappa shape index (κ1) is 15.3. The van der Waals surface area contributed by atoms with Crippen LogP contribution in [0.15, 0.2) is 24.3 Å². The zero-order chi connectivity index (χ0) is 15.4. The van der Waals surface area contributed by atoms with Crippen molar-refractivity contribution in [2.24, 2.45) is 5.73 Å². The standard InChI is InChI=1S/C15H21N3O3/c1-11(19)18-8-7-17(10-15(16)20)9-14(18)12-3-5-13(21-2)6-4-12/h3-6,14H,7-10H2,1-2H3,(H2,16,20)/t14-/m1/s1. The van der Waals surface area contributed by atoms with Gasteiger partial charge in [-0.05, 0) is 17.7 Å². The number of primary amides is 1. The third-order valence-electron chi connectivity index (χ3n) is 3.75. The van der Waals surface area contributed by atoms with Crippen LogP contribution in [0.5, 0.6) is 5.75 Å². The van der Waals surface area contributed by atoms with Gasteiger partial charge in [0.25, 0.3) is 0 Å². The van der Waals surface area contributed by atoms with Gasteiger partial charge in [0.05, 0.1) is 19.7 Å². The van der Waals surface area contributed by atoms with Gasteiger partial charge in [-0.25, -0.2) is 0 Å². The number of nitrogens with zero attached hydrogens (tertiary/aromatic N) is 2. The van der Waals surface area contributed by atoms with Gasteiger partial charge in [0, 0.05) is 26.6 Å². The molecule has 0 radical (unpaired) electrons. The second-order valence-corrected chi connectivity index (χ2v) is 5.20. The second kappa shape index (κ2) is 6.58. The summed E-state index contributed by atoms with van der Waals surface area (Å²) >= 11 is 0. The summed E-state index contributed by atoms with van der Waals surface area (Å²) in [6.45, 7) is 3.65. The van der Waals surface area contributed by atoms with Crippen LogP contribution in [0.3, 0.4) is 0 Å². The second-order valence-electron chi connectivity index (χ2n) is 5.20. The van der Waals surface area contributed by atoms with Gasteiger partial charge in [-0.2, -0.15) is 0 Å². The topological polar surface area (TPSA) is 75.9 Å². The SMILES string of the molecule is COc1ccc([C@H]2CN(CC(N)=O)CCN2C(C)=O)cc1. The van der Waals surface area contributed by atoms with Gasteiger partial charge in [0.1, 0.15) is 5.75 Å². The lowest BCUT2D eigenvalue weighted by Crippen LogP contribution is -2.51. The van der Waals surface area contributed by atoms with E-state index in [4.69, 9.17) is 10.5 Å². The highest BCUT2D eigenvalue weighted by Gasteiger charge is 2.30. The van der Waals surface area contributed by atoms with E-state index >= 15 is 0 Å². The lowest BCUT2D eigenvalue weighted by Gasteiger charge is -2.41. The Hall–Kier alpha value is -2.08. The van der Waals surface area contributed by atoms with Crippen LogP contribution in [0, 0.1) is 0 Å². The van der Waals surface area contributed by atoms with E-state index in [1.807, 2.05) is 34.1 Å². The number of carbonyl (C=O) groups excluding carboxylic acids is 2. The van der Waals surface area contributed by atoms with Crippen LogP contribution < -0.4 is 10.5 Å². The fourth-order valence-electron chi connectivity index (χ4n) is 2.69. The highest BCUT2D eigenvalue weighted by atomic mass is 16.5.